The average molecular weight is 416 g/mol. The number of aliphatic hydroxyl groups excluding tert-OH is 2. The van der Waals surface area contributed by atoms with Crippen LogP contribution in [0.4, 0.5) is 13.2 Å². The number of halogens is 3. The monoisotopic (exact) mass is 416 g/mol. The van der Waals surface area contributed by atoms with Gasteiger partial charge in [0.15, 0.2) is 0 Å². The minimum absolute atomic E-state index is 0.000647. The van der Waals surface area contributed by atoms with Crippen molar-refractivity contribution >= 4 is 10.1 Å². The highest BCUT2D eigenvalue weighted by molar-refractivity contribution is 7.87. The molecule has 1 aliphatic rings. The third-order valence-electron chi connectivity index (χ3n) is 4.42. The predicted molar refractivity (Wildman–Crippen MR) is 93.0 cm³/mol. The lowest BCUT2D eigenvalue weighted by molar-refractivity contribution is -0.0527. The van der Waals surface area contributed by atoms with Gasteiger partial charge in [-0.3, -0.25) is 0 Å². The molecule has 1 unspecified atom stereocenters. The minimum Gasteiger partial charge on any atom is -0.396 e. The smallest absolute Gasteiger partial charge is 0.396 e. The van der Waals surface area contributed by atoms with Gasteiger partial charge in [-0.1, -0.05) is 20.1 Å². The van der Waals surface area contributed by atoms with Gasteiger partial charge in [0.05, 0.1) is 18.3 Å². The van der Waals surface area contributed by atoms with Gasteiger partial charge in [0, 0.05) is 12.5 Å². The van der Waals surface area contributed by atoms with E-state index in [1.807, 2.05) is 0 Å². The Bertz CT molecular complexity index is 617. The van der Waals surface area contributed by atoms with Crippen LogP contribution in [-0.2, 0) is 19.0 Å². The zero-order valence-electron chi connectivity index (χ0n) is 15.2. The molecule has 1 saturated heterocycles. The summed E-state index contributed by atoms with van der Waals surface area (Å²) in [4.78, 5) is 0. The molecule has 0 spiro atoms. The fourth-order valence-corrected chi connectivity index (χ4v) is 3.37. The summed E-state index contributed by atoms with van der Waals surface area (Å²) in [5.74, 6) is -1.36. The second-order valence-corrected chi connectivity index (χ2v) is 8.33. The van der Waals surface area contributed by atoms with Crippen molar-refractivity contribution in [3.63, 3.8) is 0 Å². The Balaban J connectivity index is 2.42. The summed E-state index contributed by atoms with van der Waals surface area (Å²) in [7, 11) is -5.75. The summed E-state index contributed by atoms with van der Waals surface area (Å²) in [5, 5.41) is 18.9. The first-order valence-corrected chi connectivity index (χ1v) is 10.1. The van der Waals surface area contributed by atoms with E-state index in [-0.39, 0.29) is 25.2 Å². The molecule has 0 bridgehead atoms. The number of rotatable bonds is 11. The van der Waals surface area contributed by atoms with E-state index in [1.165, 1.54) is 6.92 Å². The van der Waals surface area contributed by atoms with Crippen molar-refractivity contribution < 1.29 is 40.7 Å². The minimum atomic E-state index is -5.75. The van der Waals surface area contributed by atoms with Crippen molar-refractivity contribution in [3.8, 4) is 0 Å². The lowest BCUT2D eigenvalue weighted by Crippen LogP contribution is -2.27. The first kappa shape index (κ1) is 23.9. The number of hydrogen-bond acceptors (Lipinski definition) is 6. The van der Waals surface area contributed by atoms with Gasteiger partial charge in [-0.2, -0.15) is 21.6 Å². The largest absolute Gasteiger partial charge is 0.534 e. The zero-order chi connectivity index (χ0) is 20.8. The Morgan fingerprint density at radius 2 is 2.04 bits per heavy atom. The first-order valence-electron chi connectivity index (χ1n) is 8.69. The highest BCUT2D eigenvalue weighted by Gasteiger charge is 2.49. The van der Waals surface area contributed by atoms with Crippen LogP contribution in [0.1, 0.15) is 45.4 Å². The van der Waals surface area contributed by atoms with Crippen molar-refractivity contribution in [1.82, 2.24) is 0 Å². The summed E-state index contributed by atoms with van der Waals surface area (Å²) in [5.41, 5.74) is -4.62. The third-order valence-corrected chi connectivity index (χ3v) is 5.42. The molecular formula is C17H27F3O6S. The Labute approximate surface area is 157 Å². The topological polar surface area (TPSA) is 93.1 Å². The number of alkyl halides is 3. The van der Waals surface area contributed by atoms with E-state index in [4.69, 9.17) is 9.84 Å². The van der Waals surface area contributed by atoms with Crippen LogP contribution in [0, 0.1) is 5.92 Å². The van der Waals surface area contributed by atoms with Gasteiger partial charge in [-0.15, -0.1) is 0 Å². The summed E-state index contributed by atoms with van der Waals surface area (Å²) >= 11 is 0. The second-order valence-electron chi connectivity index (χ2n) is 6.79. The Morgan fingerprint density at radius 1 is 1.41 bits per heavy atom. The molecule has 1 heterocycles. The molecule has 1 fully saturated rings. The Hall–Kier alpha value is -1.10. The van der Waals surface area contributed by atoms with E-state index in [0.717, 1.165) is 12.0 Å². The second kappa shape index (κ2) is 9.90. The fraction of sp³-hybridized carbons (Fsp3) is 0.765. The van der Waals surface area contributed by atoms with E-state index in [1.54, 1.807) is 0 Å². The zero-order valence-corrected chi connectivity index (χ0v) is 16.1. The molecule has 27 heavy (non-hydrogen) atoms. The maximum Gasteiger partial charge on any atom is 0.534 e. The SMILES string of the molecule is C=C(OS(=O)(=O)C(F)(F)F)[C@H](C)C[C@H](O)CC[C@@H]1OC(CCCO)CC1=C. The summed E-state index contributed by atoms with van der Waals surface area (Å²) in [6.45, 7) is 8.68. The molecule has 4 atom stereocenters. The highest BCUT2D eigenvalue weighted by Crippen LogP contribution is 2.32. The molecule has 0 saturated carbocycles. The van der Waals surface area contributed by atoms with Gasteiger partial charge in [0.25, 0.3) is 0 Å². The summed E-state index contributed by atoms with van der Waals surface area (Å²) in [6.07, 6.45) is 1.72. The van der Waals surface area contributed by atoms with Gasteiger partial charge in [0.1, 0.15) is 5.76 Å². The van der Waals surface area contributed by atoms with Crippen molar-refractivity contribution in [3.05, 3.63) is 24.5 Å². The van der Waals surface area contributed by atoms with Crippen molar-refractivity contribution in [2.45, 2.75) is 69.3 Å². The van der Waals surface area contributed by atoms with Crippen LogP contribution in [-0.4, -0.2) is 49.1 Å². The van der Waals surface area contributed by atoms with E-state index >= 15 is 0 Å². The lowest BCUT2D eigenvalue weighted by Gasteiger charge is -2.20. The molecule has 158 valence electrons. The normalized spacial score (nSPS) is 23.3. The van der Waals surface area contributed by atoms with E-state index in [0.29, 0.717) is 25.7 Å². The highest BCUT2D eigenvalue weighted by atomic mass is 32.2. The van der Waals surface area contributed by atoms with Crippen molar-refractivity contribution in [1.29, 1.82) is 0 Å². The molecule has 0 aromatic carbocycles. The summed E-state index contributed by atoms with van der Waals surface area (Å²) in [6, 6.07) is 0. The average Bonchev–Trinajstić information content (AvgIpc) is 2.89. The van der Waals surface area contributed by atoms with Crippen LogP contribution in [0.15, 0.2) is 24.5 Å². The lowest BCUT2D eigenvalue weighted by atomic mass is 9.96. The number of hydrogen-bond donors (Lipinski definition) is 2. The van der Waals surface area contributed by atoms with Crippen LogP contribution in [0.5, 0.6) is 0 Å². The van der Waals surface area contributed by atoms with E-state index < -0.39 is 33.4 Å². The first-order chi connectivity index (χ1) is 12.4. The van der Waals surface area contributed by atoms with Crippen LogP contribution < -0.4 is 0 Å². The summed E-state index contributed by atoms with van der Waals surface area (Å²) < 4.78 is 68.7. The number of aliphatic hydroxyl groups is 2. The van der Waals surface area contributed by atoms with Gasteiger partial charge < -0.3 is 19.1 Å². The van der Waals surface area contributed by atoms with Gasteiger partial charge in [0.2, 0.25) is 0 Å². The molecule has 0 aromatic heterocycles. The van der Waals surface area contributed by atoms with Crippen LogP contribution in [0.25, 0.3) is 0 Å². The molecule has 6 nitrogen and oxygen atoms in total. The third kappa shape index (κ3) is 7.44. The number of ether oxygens (including phenoxy) is 1. The van der Waals surface area contributed by atoms with Crippen LogP contribution in [0.3, 0.4) is 0 Å². The standard InChI is InChI=1S/C17H27F3O6S/c1-11(13(3)26-27(23,24)17(18,19)20)9-14(22)6-7-16-12(2)10-15(25-16)5-4-8-21/h11,14-16,21-22H,2-10H2,1H3/t11-,14-,15?,16+/m1/s1. The number of allylic oxidation sites excluding steroid dienone is 1. The molecule has 0 amide bonds. The fourth-order valence-electron chi connectivity index (χ4n) is 2.83. The Kier molecular flexibility index (Phi) is 8.78. The maximum absolute atomic E-state index is 12.3. The molecule has 0 radical (unpaired) electrons. The van der Waals surface area contributed by atoms with Gasteiger partial charge in [-0.25, -0.2) is 0 Å². The molecule has 10 heteroatoms. The molecule has 1 rings (SSSR count). The molecule has 1 aliphatic heterocycles. The van der Waals surface area contributed by atoms with Crippen LogP contribution >= 0.6 is 0 Å². The predicted octanol–water partition coefficient (Wildman–Crippen LogP) is 3.02. The maximum atomic E-state index is 12.3. The van der Waals surface area contributed by atoms with Gasteiger partial charge >= 0.3 is 15.6 Å². The quantitative estimate of drug-likeness (QED) is 0.233. The van der Waals surface area contributed by atoms with E-state index in [9.17, 15) is 26.7 Å². The molecule has 0 aromatic rings. The van der Waals surface area contributed by atoms with Crippen molar-refractivity contribution in [2.24, 2.45) is 5.92 Å². The molecular weight excluding hydrogens is 389 g/mol. The molecule has 2 N–H and O–H groups in total. The van der Waals surface area contributed by atoms with Crippen LogP contribution in [0.2, 0.25) is 0 Å². The van der Waals surface area contributed by atoms with Crippen molar-refractivity contribution in [2.75, 3.05) is 6.61 Å². The Morgan fingerprint density at radius 3 is 2.59 bits per heavy atom. The van der Waals surface area contributed by atoms with Gasteiger partial charge in [-0.05, 0) is 44.1 Å². The van der Waals surface area contributed by atoms with E-state index in [2.05, 4.69) is 17.3 Å². The molecule has 0 aliphatic carbocycles.